The lowest BCUT2D eigenvalue weighted by Gasteiger charge is -2.11. The monoisotopic (exact) mass is 455 g/mol. The Balaban J connectivity index is 1.96. The number of fused-ring (bicyclic) bond motifs is 1. The largest absolute Gasteiger partial charge is 0.483 e. The van der Waals surface area contributed by atoms with Crippen LogP contribution >= 0.6 is 22.9 Å². The van der Waals surface area contributed by atoms with Crippen molar-refractivity contribution in [3.8, 4) is 5.75 Å². The molecule has 0 unspecified atom stereocenters. The van der Waals surface area contributed by atoms with E-state index in [0.717, 1.165) is 23.5 Å². The summed E-state index contributed by atoms with van der Waals surface area (Å²) in [7, 11) is 1.47. The number of rotatable bonds is 8. The van der Waals surface area contributed by atoms with Gasteiger partial charge in [0.15, 0.2) is 17.4 Å². The van der Waals surface area contributed by atoms with Crippen LogP contribution in [0.3, 0.4) is 0 Å². The Morgan fingerprint density at radius 3 is 2.50 bits per heavy atom. The van der Waals surface area contributed by atoms with Crippen LogP contribution in [0.4, 0.5) is 8.78 Å². The molecule has 0 radical (unpaired) electrons. The van der Waals surface area contributed by atoms with Crippen LogP contribution in [0.15, 0.2) is 30.3 Å². The van der Waals surface area contributed by atoms with Gasteiger partial charge >= 0.3 is 5.97 Å². The molecule has 158 valence electrons. The van der Waals surface area contributed by atoms with Crippen LogP contribution in [0.1, 0.15) is 25.6 Å². The summed E-state index contributed by atoms with van der Waals surface area (Å²) in [6.45, 7) is -0.108. The minimum absolute atomic E-state index is 0.0371. The van der Waals surface area contributed by atoms with E-state index in [0.29, 0.717) is 20.7 Å². The van der Waals surface area contributed by atoms with Crippen LogP contribution in [0.2, 0.25) is 5.02 Å². The van der Waals surface area contributed by atoms with Gasteiger partial charge in [-0.2, -0.15) is 0 Å². The van der Waals surface area contributed by atoms with E-state index in [1.165, 1.54) is 7.11 Å². The number of methoxy groups -OCH3 is 1. The Bertz CT molecular complexity index is 1100. The van der Waals surface area contributed by atoms with Crippen molar-refractivity contribution in [3.05, 3.63) is 63.0 Å². The van der Waals surface area contributed by atoms with Crippen molar-refractivity contribution in [2.75, 3.05) is 20.3 Å². The summed E-state index contributed by atoms with van der Waals surface area (Å²) >= 11 is 7.41. The highest BCUT2D eigenvalue weighted by Crippen LogP contribution is 2.37. The van der Waals surface area contributed by atoms with E-state index in [9.17, 15) is 18.4 Å². The zero-order valence-corrected chi connectivity index (χ0v) is 17.2. The summed E-state index contributed by atoms with van der Waals surface area (Å²) in [5.41, 5.74) is 5.05. The van der Waals surface area contributed by atoms with Crippen LogP contribution in [-0.2, 0) is 16.1 Å². The fourth-order valence-electron chi connectivity index (χ4n) is 2.74. The van der Waals surface area contributed by atoms with E-state index in [1.54, 1.807) is 18.2 Å². The van der Waals surface area contributed by atoms with Crippen molar-refractivity contribution >= 4 is 44.9 Å². The van der Waals surface area contributed by atoms with E-state index in [-0.39, 0.29) is 30.3 Å². The first-order valence-electron chi connectivity index (χ1n) is 8.61. The molecular weight excluding hydrogens is 440 g/mol. The van der Waals surface area contributed by atoms with Gasteiger partial charge in [0.2, 0.25) is 5.91 Å². The van der Waals surface area contributed by atoms with Gasteiger partial charge in [-0.15, -0.1) is 11.3 Å². The van der Waals surface area contributed by atoms with Gasteiger partial charge in [0.25, 0.3) is 0 Å². The molecule has 0 atom stereocenters. The lowest BCUT2D eigenvalue weighted by atomic mass is 10.1. The molecule has 1 aromatic heterocycles. The van der Waals surface area contributed by atoms with Crippen molar-refractivity contribution in [1.29, 1.82) is 0 Å². The molecule has 0 aliphatic heterocycles. The fourth-order valence-corrected chi connectivity index (χ4v) is 4.21. The summed E-state index contributed by atoms with van der Waals surface area (Å²) in [5, 5.41) is 0.876. The number of carbonyl (C=O) groups is 2. The number of hydrogen-bond acceptors (Lipinski definition) is 6. The number of amides is 1. The molecule has 0 bridgehead atoms. The third kappa shape index (κ3) is 4.53. The minimum atomic E-state index is -1.10. The number of esters is 1. The molecule has 3 rings (SSSR count). The fraction of sp³-hybridized carbons (Fsp3) is 0.200. The lowest BCUT2D eigenvalue weighted by molar-refractivity contribution is 0.0391. The van der Waals surface area contributed by atoms with Gasteiger partial charge in [-0.25, -0.2) is 13.6 Å². The van der Waals surface area contributed by atoms with Crippen LogP contribution < -0.4 is 10.5 Å². The molecule has 6 nitrogen and oxygen atoms in total. The molecule has 0 saturated carbocycles. The normalized spacial score (nSPS) is 10.9. The summed E-state index contributed by atoms with van der Waals surface area (Å²) in [6, 6.07) is 6.65. The number of primary amides is 1. The number of nitrogens with two attached hydrogens (primary N) is 1. The number of benzene rings is 2. The van der Waals surface area contributed by atoms with Gasteiger partial charge < -0.3 is 19.9 Å². The molecule has 0 spiro atoms. The van der Waals surface area contributed by atoms with Crippen LogP contribution in [-0.4, -0.2) is 32.2 Å². The van der Waals surface area contributed by atoms with E-state index in [4.69, 9.17) is 31.5 Å². The smallest absolute Gasteiger partial charge is 0.348 e. The van der Waals surface area contributed by atoms with Crippen LogP contribution in [0.5, 0.6) is 5.75 Å². The number of ether oxygens (including phenoxy) is 3. The molecular formula is C20H16ClF2NO5S. The summed E-state index contributed by atoms with van der Waals surface area (Å²) in [5.74, 6) is -4.51. The maximum atomic E-state index is 14.3. The summed E-state index contributed by atoms with van der Waals surface area (Å²) < 4.78 is 44.6. The second kappa shape index (κ2) is 9.38. The van der Waals surface area contributed by atoms with E-state index in [1.807, 2.05) is 0 Å². The zero-order chi connectivity index (χ0) is 21.8. The van der Waals surface area contributed by atoms with Crippen molar-refractivity contribution in [2.24, 2.45) is 5.73 Å². The number of thiophene rings is 1. The second-order valence-electron chi connectivity index (χ2n) is 6.07. The molecule has 2 aromatic carbocycles. The molecule has 10 heteroatoms. The average Bonchev–Trinajstić information content (AvgIpc) is 3.07. The highest BCUT2D eigenvalue weighted by molar-refractivity contribution is 7.21. The Morgan fingerprint density at radius 1 is 1.17 bits per heavy atom. The minimum Gasteiger partial charge on any atom is -0.483 e. The Hall–Kier alpha value is -2.75. The topological polar surface area (TPSA) is 87.8 Å². The van der Waals surface area contributed by atoms with E-state index < -0.39 is 29.3 Å². The first-order chi connectivity index (χ1) is 14.3. The van der Waals surface area contributed by atoms with Crippen molar-refractivity contribution in [3.63, 3.8) is 0 Å². The predicted molar refractivity (Wildman–Crippen MR) is 108 cm³/mol. The van der Waals surface area contributed by atoms with Crippen LogP contribution in [0, 0.1) is 11.6 Å². The highest BCUT2D eigenvalue weighted by Gasteiger charge is 2.23. The second-order valence-corrected chi connectivity index (χ2v) is 7.53. The first-order valence-corrected chi connectivity index (χ1v) is 9.80. The van der Waals surface area contributed by atoms with E-state index in [2.05, 4.69) is 0 Å². The summed E-state index contributed by atoms with van der Waals surface area (Å²) in [4.78, 5) is 23.9. The summed E-state index contributed by atoms with van der Waals surface area (Å²) in [6.07, 6.45) is 0. The SMILES string of the molecule is COCCOC(=O)c1sc2cccc(Cl)c2c1COc1c(F)cc(C(N)=O)cc1F. The predicted octanol–water partition coefficient (Wildman–Crippen LogP) is 4.31. The van der Waals surface area contributed by atoms with Crippen LogP contribution in [0.25, 0.3) is 10.1 Å². The maximum Gasteiger partial charge on any atom is 0.348 e. The Kier molecular flexibility index (Phi) is 6.86. The molecule has 3 aromatic rings. The van der Waals surface area contributed by atoms with Gasteiger partial charge in [0, 0.05) is 33.3 Å². The average molecular weight is 456 g/mol. The van der Waals surface area contributed by atoms with Gasteiger partial charge in [0.1, 0.15) is 18.1 Å². The Labute approximate surface area is 179 Å². The standard InChI is InChI=1S/C20H16ClF2NO5S/c1-27-5-6-28-20(26)18-11(16-12(21)3-2-4-15(16)30-18)9-29-17-13(22)7-10(19(24)25)8-14(17)23/h2-4,7-8H,5-6,9H2,1H3,(H2,24,25). The molecule has 1 heterocycles. The number of halogens is 3. The van der Waals surface area contributed by atoms with Crippen molar-refractivity contribution < 1.29 is 32.6 Å². The number of hydrogen-bond donors (Lipinski definition) is 1. The third-order valence-corrected chi connectivity index (χ3v) is 5.61. The lowest BCUT2D eigenvalue weighted by Crippen LogP contribution is -2.13. The molecule has 2 N–H and O–H groups in total. The van der Waals surface area contributed by atoms with Gasteiger partial charge in [-0.05, 0) is 24.3 Å². The zero-order valence-electron chi connectivity index (χ0n) is 15.7. The molecule has 1 amide bonds. The molecule has 0 aliphatic rings. The van der Waals surface area contributed by atoms with Crippen molar-refractivity contribution in [2.45, 2.75) is 6.61 Å². The van der Waals surface area contributed by atoms with E-state index >= 15 is 0 Å². The Morgan fingerprint density at radius 2 is 1.87 bits per heavy atom. The van der Waals surface area contributed by atoms with Crippen molar-refractivity contribution in [1.82, 2.24) is 0 Å². The molecule has 30 heavy (non-hydrogen) atoms. The van der Waals surface area contributed by atoms with Gasteiger partial charge in [-0.3, -0.25) is 4.79 Å². The number of carbonyl (C=O) groups excluding carboxylic acids is 2. The quantitative estimate of drug-likeness (QED) is 0.404. The maximum absolute atomic E-state index is 14.3. The molecule has 0 aliphatic carbocycles. The highest BCUT2D eigenvalue weighted by atomic mass is 35.5. The molecule has 0 fully saturated rings. The molecule has 0 saturated heterocycles. The first kappa shape index (κ1) is 21.9. The third-order valence-electron chi connectivity index (χ3n) is 4.11. The van der Waals surface area contributed by atoms with Gasteiger partial charge in [0.05, 0.1) is 6.61 Å². The van der Waals surface area contributed by atoms with Gasteiger partial charge in [-0.1, -0.05) is 17.7 Å².